The standard InChI is InChI=1S/C14H15N3O2S/c1-9-2-13(17-7-16-9)20-6-11-4-12(15)3-10-5-18-8-19-14(10)11/h2-4,7H,5-6,8,15H2,1H3. The Labute approximate surface area is 121 Å². The predicted molar refractivity (Wildman–Crippen MR) is 77.5 cm³/mol. The monoisotopic (exact) mass is 289 g/mol. The SMILES string of the molecule is Cc1cc(SCc2cc(N)cc3c2OCOC3)ncn1. The molecule has 0 saturated carbocycles. The van der Waals surface area contributed by atoms with Crippen LogP contribution < -0.4 is 10.5 Å². The Morgan fingerprint density at radius 3 is 3.05 bits per heavy atom. The van der Waals surface area contributed by atoms with Crippen molar-refractivity contribution in [2.24, 2.45) is 0 Å². The van der Waals surface area contributed by atoms with Gasteiger partial charge in [-0.2, -0.15) is 0 Å². The number of fused-ring (bicyclic) bond motifs is 1. The van der Waals surface area contributed by atoms with E-state index in [9.17, 15) is 0 Å². The van der Waals surface area contributed by atoms with E-state index in [-0.39, 0.29) is 0 Å². The fraction of sp³-hybridized carbons (Fsp3) is 0.286. The molecule has 5 nitrogen and oxygen atoms in total. The van der Waals surface area contributed by atoms with Crippen molar-refractivity contribution < 1.29 is 9.47 Å². The second-order valence-corrected chi connectivity index (χ2v) is 5.56. The molecule has 0 saturated heterocycles. The average Bonchev–Trinajstić information content (AvgIpc) is 2.44. The predicted octanol–water partition coefficient (Wildman–Crippen LogP) is 2.53. The molecule has 0 amide bonds. The molecule has 0 spiro atoms. The number of aryl methyl sites for hydroxylation is 1. The minimum Gasteiger partial charge on any atom is -0.467 e. The molecule has 0 unspecified atom stereocenters. The van der Waals surface area contributed by atoms with Gasteiger partial charge in [-0.3, -0.25) is 0 Å². The van der Waals surface area contributed by atoms with Crippen molar-refractivity contribution in [2.75, 3.05) is 12.5 Å². The number of nitrogens with two attached hydrogens (primary N) is 1. The number of aromatic nitrogens is 2. The molecule has 3 rings (SSSR count). The second kappa shape index (κ2) is 5.68. The molecule has 0 radical (unpaired) electrons. The van der Waals surface area contributed by atoms with Gasteiger partial charge in [0.1, 0.15) is 12.1 Å². The molecule has 2 aromatic rings. The zero-order valence-electron chi connectivity index (χ0n) is 11.1. The zero-order chi connectivity index (χ0) is 13.9. The first-order chi connectivity index (χ1) is 9.72. The number of nitrogen functional groups attached to an aromatic ring is 1. The number of thioether (sulfide) groups is 1. The molecule has 1 aromatic heterocycles. The van der Waals surface area contributed by atoms with E-state index >= 15 is 0 Å². The van der Waals surface area contributed by atoms with Crippen LogP contribution in [0.2, 0.25) is 0 Å². The van der Waals surface area contributed by atoms with Crippen molar-refractivity contribution in [3.8, 4) is 5.75 Å². The van der Waals surface area contributed by atoms with Crippen LogP contribution in [0.1, 0.15) is 16.8 Å². The average molecular weight is 289 g/mol. The molecule has 0 aliphatic carbocycles. The van der Waals surface area contributed by atoms with Crippen molar-refractivity contribution in [3.05, 3.63) is 41.3 Å². The summed E-state index contributed by atoms with van der Waals surface area (Å²) in [5, 5.41) is 0.945. The van der Waals surface area contributed by atoms with Crippen LogP contribution in [0.3, 0.4) is 0 Å². The number of benzene rings is 1. The molecule has 1 aromatic carbocycles. The molecule has 104 valence electrons. The van der Waals surface area contributed by atoms with Crippen LogP contribution in [0, 0.1) is 6.92 Å². The summed E-state index contributed by atoms with van der Waals surface area (Å²) in [4.78, 5) is 8.34. The topological polar surface area (TPSA) is 70.3 Å². The molecular weight excluding hydrogens is 274 g/mol. The fourth-order valence-corrected chi connectivity index (χ4v) is 2.99. The Hall–Kier alpha value is -1.79. The Kier molecular flexibility index (Phi) is 3.75. The first kappa shape index (κ1) is 13.2. The van der Waals surface area contributed by atoms with Crippen molar-refractivity contribution in [1.29, 1.82) is 0 Å². The van der Waals surface area contributed by atoms with Crippen LogP contribution in [0.15, 0.2) is 29.6 Å². The summed E-state index contributed by atoms with van der Waals surface area (Å²) in [5.41, 5.74) is 9.70. The maximum absolute atomic E-state index is 5.93. The first-order valence-electron chi connectivity index (χ1n) is 6.25. The summed E-state index contributed by atoms with van der Waals surface area (Å²) in [6.07, 6.45) is 1.58. The van der Waals surface area contributed by atoms with Gasteiger partial charge in [-0.15, -0.1) is 11.8 Å². The van der Waals surface area contributed by atoms with Crippen LogP contribution in [0.25, 0.3) is 0 Å². The van der Waals surface area contributed by atoms with Crippen LogP contribution >= 0.6 is 11.8 Å². The Morgan fingerprint density at radius 1 is 1.30 bits per heavy atom. The Bertz CT molecular complexity index is 634. The highest BCUT2D eigenvalue weighted by Crippen LogP contribution is 2.34. The van der Waals surface area contributed by atoms with Gasteiger partial charge in [-0.25, -0.2) is 9.97 Å². The highest BCUT2D eigenvalue weighted by molar-refractivity contribution is 7.98. The van der Waals surface area contributed by atoms with E-state index < -0.39 is 0 Å². The van der Waals surface area contributed by atoms with E-state index in [4.69, 9.17) is 15.2 Å². The van der Waals surface area contributed by atoms with Gasteiger partial charge < -0.3 is 15.2 Å². The summed E-state index contributed by atoms with van der Waals surface area (Å²) in [6, 6.07) is 5.82. The molecule has 2 heterocycles. The number of rotatable bonds is 3. The highest BCUT2D eigenvalue weighted by Gasteiger charge is 2.16. The fourth-order valence-electron chi connectivity index (χ4n) is 2.09. The highest BCUT2D eigenvalue weighted by atomic mass is 32.2. The van der Waals surface area contributed by atoms with Crippen LogP contribution in [0.4, 0.5) is 5.69 Å². The molecule has 6 heteroatoms. The molecule has 0 fully saturated rings. The number of ether oxygens (including phenoxy) is 2. The zero-order valence-corrected chi connectivity index (χ0v) is 11.9. The van der Waals surface area contributed by atoms with E-state index in [0.717, 1.165) is 39.0 Å². The Morgan fingerprint density at radius 2 is 2.20 bits per heavy atom. The van der Waals surface area contributed by atoms with Gasteiger partial charge in [-0.1, -0.05) is 0 Å². The minimum atomic E-state index is 0.293. The van der Waals surface area contributed by atoms with Crippen LogP contribution in [0.5, 0.6) is 5.75 Å². The molecule has 1 aliphatic heterocycles. The van der Waals surface area contributed by atoms with Crippen LogP contribution in [-0.2, 0) is 17.1 Å². The van der Waals surface area contributed by atoms with Crippen LogP contribution in [-0.4, -0.2) is 16.8 Å². The lowest BCUT2D eigenvalue weighted by atomic mass is 10.1. The minimum absolute atomic E-state index is 0.293. The van der Waals surface area contributed by atoms with Crippen molar-refractivity contribution in [3.63, 3.8) is 0 Å². The van der Waals surface area contributed by atoms with Gasteiger partial charge in [0.15, 0.2) is 6.79 Å². The summed E-state index contributed by atoms with van der Waals surface area (Å²) in [6.45, 7) is 2.79. The normalized spacial score (nSPS) is 13.7. The molecule has 1 aliphatic rings. The van der Waals surface area contributed by atoms with E-state index in [2.05, 4.69) is 9.97 Å². The van der Waals surface area contributed by atoms with Gasteiger partial charge in [0.25, 0.3) is 0 Å². The quantitative estimate of drug-likeness (QED) is 0.532. The summed E-state index contributed by atoms with van der Waals surface area (Å²) in [5.74, 6) is 1.65. The number of hydrogen-bond acceptors (Lipinski definition) is 6. The van der Waals surface area contributed by atoms with E-state index in [1.807, 2.05) is 25.1 Å². The number of anilines is 1. The van der Waals surface area contributed by atoms with E-state index in [1.165, 1.54) is 0 Å². The smallest absolute Gasteiger partial charge is 0.189 e. The molecule has 20 heavy (non-hydrogen) atoms. The van der Waals surface area contributed by atoms with Gasteiger partial charge in [-0.05, 0) is 25.1 Å². The lowest BCUT2D eigenvalue weighted by Crippen LogP contribution is -2.13. The van der Waals surface area contributed by atoms with Crippen molar-refractivity contribution >= 4 is 17.4 Å². The van der Waals surface area contributed by atoms with Gasteiger partial charge in [0, 0.05) is 28.3 Å². The summed E-state index contributed by atoms with van der Waals surface area (Å²) >= 11 is 1.64. The van der Waals surface area contributed by atoms with Gasteiger partial charge in [0.2, 0.25) is 0 Å². The third-order valence-corrected chi connectivity index (χ3v) is 3.94. The maximum atomic E-state index is 5.93. The number of hydrogen-bond donors (Lipinski definition) is 1. The molecular formula is C14H15N3O2S. The van der Waals surface area contributed by atoms with E-state index in [0.29, 0.717) is 13.4 Å². The number of nitrogens with zero attached hydrogens (tertiary/aromatic N) is 2. The summed E-state index contributed by atoms with van der Waals surface area (Å²) in [7, 11) is 0. The van der Waals surface area contributed by atoms with E-state index in [1.54, 1.807) is 18.1 Å². The Balaban J connectivity index is 1.82. The maximum Gasteiger partial charge on any atom is 0.189 e. The summed E-state index contributed by atoms with van der Waals surface area (Å²) < 4.78 is 10.9. The molecule has 2 N–H and O–H groups in total. The second-order valence-electron chi connectivity index (χ2n) is 4.57. The first-order valence-corrected chi connectivity index (χ1v) is 7.24. The third-order valence-electron chi connectivity index (χ3n) is 2.96. The lowest BCUT2D eigenvalue weighted by Gasteiger charge is -2.21. The largest absolute Gasteiger partial charge is 0.467 e. The van der Waals surface area contributed by atoms with Crippen molar-refractivity contribution in [2.45, 2.75) is 24.3 Å². The lowest BCUT2D eigenvalue weighted by molar-refractivity contribution is -0.0168. The molecule has 0 atom stereocenters. The van der Waals surface area contributed by atoms with Gasteiger partial charge >= 0.3 is 0 Å². The molecule has 0 bridgehead atoms. The van der Waals surface area contributed by atoms with Crippen molar-refractivity contribution in [1.82, 2.24) is 9.97 Å². The van der Waals surface area contributed by atoms with Gasteiger partial charge in [0.05, 0.1) is 11.6 Å². The third kappa shape index (κ3) is 2.86.